The smallest absolute Gasteiger partial charge is 0.343 e. The van der Waals surface area contributed by atoms with Gasteiger partial charge in [-0.3, -0.25) is 14.9 Å². The van der Waals surface area contributed by atoms with Crippen LogP contribution < -0.4 is 4.74 Å². The van der Waals surface area contributed by atoms with Gasteiger partial charge in [0.15, 0.2) is 12.0 Å². The molecule has 2 rings (SSSR count). The third-order valence-electron chi connectivity index (χ3n) is 2.67. The number of benzene rings is 2. The molecule has 0 radical (unpaired) electrons. The Balaban J connectivity index is 2.29. The number of hydrogen-bond donors (Lipinski definition) is 0. The fourth-order valence-corrected chi connectivity index (χ4v) is 2.99. The van der Waals surface area contributed by atoms with Crippen molar-refractivity contribution in [3.8, 4) is 5.75 Å². The summed E-state index contributed by atoms with van der Waals surface area (Å²) in [6.45, 7) is 0. The lowest BCUT2D eigenvalue weighted by Gasteiger charge is -2.09. The van der Waals surface area contributed by atoms with Crippen molar-refractivity contribution in [1.82, 2.24) is 0 Å². The second-order valence-corrected chi connectivity index (χ2v) is 5.89. The summed E-state index contributed by atoms with van der Waals surface area (Å²) in [4.78, 5) is 33.1. The van der Waals surface area contributed by atoms with E-state index >= 15 is 0 Å². The third-order valence-corrected chi connectivity index (χ3v) is 3.72. The largest absolute Gasteiger partial charge is 0.421 e. The molecule has 6 nitrogen and oxygen atoms in total. The minimum atomic E-state index is -0.721. The Kier molecular flexibility index (Phi) is 5.04. The van der Waals surface area contributed by atoms with Gasteiger partial charge in [-0.1, -0.05) is 15.9 Å². The Bertz CT molecular complexity index is 759. The van der Waals surface area contributed by atoms with Gasteiger partial charge in [-0.15, -0.1) is 0 Å². The van der Waals surface area contributed by atoms with Gasteiger partial charge in [0.1, 0.15) is 0 Å². The second-order valence-electron chi connectivity index (χ2n) is 4.12. The number of hydrogen-bond acceptors (Lipinski definition) is 5. The quantitative estimate of drug-likeness (QED) is 0.240. The summed E-state index contributed by atoms with van der Waals surface area (Å²) in [5.41, 5.74) is 0.198. The topological polar surface area (TPSA) is 86.5 Å². The lowest BCUT2D eigenvalue weighted by atomic mass is 10.2. The molecule has 0 atom stereocenters. The molecule has 0 amide bonds. The van der Waals surface area contributed by atoms with Crippen molar-refractivity contribution in [2.24, 2.45) is 0 Å². The Morgan fingerprint density at radius 1 is 1.18 bits per heavy atom. The molecular formula is C14H7Br2NO5. The molecule has 0 spiro atoms. The maximum atomic E-state index is 12.1. The monoisotopic (exact) mass is 427 g/mol. The van der Waals surface area contributed by atoms with Crippen LogP contribution >= 0.6 is 31.9 Å². The van der Waals surface area contributed by atoms with Crippen LogP contribution in [0.5, 0.6) is 5.75 Å². The van der Waals surface area contributed by atoms with Crippen molar-refractivity contribution in [1.29, 1.82) is 0 Å². The predicted octanol–water partition coefficient (Wildman–Crippen LogP) is 4.15. The summed E-state index contributed by atoms with van der Waals surface area (Å²) in [6, 6.07) is 8.12. The average Bonchev–Trinajstić information content (AvgIpc) is 2.49. The third kappa shape index (κ3) is 3.58. The highest BCUT2D eigenvalue weighted by Gasteiger charge is 2.16. The number of non-ortho nitro benzene ring substituents is 1. The zero-order valence-corrected chi connectivity index (χ0v) is 14.0. The molecule has 0 saturated carbocycles. The number of carbonyl (C=O) groups is 2. The van der Waals surface area contributed by atoms with Crippen LogP contribution in [0.4, 0.5) is 5.69 Å². The van der Waals surface area contributed by atoms with Gasteiger partial charge < -0.3 is 4.74 Å². The maximum Gasteiger partial charge on any atom is 0.343 e. The fraction of sp³-hybridized carbons (Fsp3) is 0. The standard InChI is InChI=1S/C14H7Br2NO5/c15-10-5-9(7-18)13(12(16)6-10)22-14(19)8-1-3-11(4-2-8)17(20)21/h1-7H. The van der Waals surface area contributed by atoms with Crippen molar-refractivity contribution in [2.75, 3.05) is 0 Å². The van der Waals surface area contributed by atoms with Crippen LogP contribution in [0.2, 0.25) is 0 Å². The molecule has 112 valence electrons. The zero-order valence-electron chi connectivity index (χ0n) is 10.8. The van der Waals surface area contributed by atoms with Crippen molar-refractivity contribution in [3.05, 3.63) is 66.6 Å². The van der Waals surface area contributed by atoms with Crippen molar-refractivity contribution in [3.63, 3.8) is 0 Å². The summed E-state index contributed by atoms with van der Waals surface area (Å²) in [6.07, 6.45) is 0.563. The number of carbonyl (C=O) groups excluding carboxylic acids is 2. The first-order valence-corrected chi connectivity index (χ1v) is 7.42. The maximum absolute atomic E-state index is 12.1. The predicted molar refractivity (Wildman–Crippen MR) is 85.3 cm³/mol. The van der Waals surface area contributed by atoms with Crippen LogP contribution in [-0.4, -0.2) is 17.2 Å². The van der Waals surface area contributed by atoms with Gasteiger partial charge in [-0.2, -0.15) is 0 Å². The molecule has 0 saturated heterocycles. The van der Waals surface area contributed by atoms with E-state index in [1.165, 1.54) is 30.3 Å². The first kappa shape index (κ1) is 16.3. The molecule has 0 unspecified atom stereocenters. The molecule has 22 heavy (non-hydrogen) atoms. The van der Waals surface area contributed by atoms with E-state index in [-0.39, 0.29) is 22.6 Å². The number of nitro benzene ring substituents is 1. The number of nitro groups is 1. The lowest BCUT2D eigenvalue weighted by Crippen LogP contribution is -2.10. The number of nitrogens with zero attached hydrogens (tertiary/aromatic N) is 1. The summed E-state index contributed by atoms with van der Waals surface area (Å²) >= 11 is 6.44. The molecule has 0 fully saturated rings. The number of ether oxygens (including phenoxy) is 1. The van der Waals surface area contributed by atoms with Gasteiger partial charge >= 0.3 is 5.97 Å². The first-order chi connectivity index (χ1) is 10.4. The lowest BCUT2D eigenvalue weighted by molar-refractivity contribution is -0.384. The van der Waals surface area contributed by atoms with Crippen LogP contribution in [-0.2, 0) is 0 Å². The molecule has 0 aliphatic rings. The number of halogens is 2. The molecule has 0 N–H and O–H groups in total. The van der Waals surface area contributed by atoms with E-state index in [9.17, 15) is 19.7 Å². The molecule has 2 aromatic carbocycles. The Morgan fingerprint density at radius 3 is 2.36 bits per heavy atom. The average molecular weight is 429 g/mol. The summed E-state index contributed by atoms with van der Waals surface area (Å²) in [5.74, 6) is -0.637. The van der Waals surface area contributed by atoms with Gasteiger partial charge in [-0.05, 0) is 40.2 Å². The minimum Gasteiger partial charge on any atom is -0.421 e. The van der Waals surface area contributed by atoms with Crippen LogP contribution in [0, 0.1) is 10.1 Å². The fourth-order valence-electron chi connectivity index (χ4n) is 1.65. The molecule has 0 heterocycles. The minimum absolute atomic E-state index is 0.0848. The normalized spacial score (nSPS) is 10.1. The van der Waals surface area contributed by atoms with E-state index in [1.54, 1.807) is 6.07 Å². The highest BCUT2D eigenvalue weighted by molar-refractivity contribution is 9.11. The molecule has 0 aliphatic heterocycles. The van der Waals surface area contributed by atoms with Gasteiger partial charge in [0, 0.05) is 16.6 Å². The molecule has 8 heteroatoms. The molecule has 2 aromatic rings. The van der Waals surface area contributed by atoms with Gasteiger partial charge in [0.05, 0.1) is 20.5 Å². The Hall–Kier alpha value is -2.06. The van der Waals surface area contributed by atoms with Gasteiger partial charge in [0.2, 0.25) is 0 Å². The SMILES string of the molecule is O=Cc1cc(Br)cc(Br)c1OC(=O)c1ccc([N+](=O)[O-])cc1. The molecular weight excluding hydrogens is 422 g/mol. The summed E-state index contributed by atoms with van der Waals surface area (Å²) in [5, 5.41) is 10.6. The van der Waals surface area contributed by atoms with Crippen LogP contribution in [0.15, 0.2) is 45.3 Å². The van der Waals surface area contributed by atoms with Gasteiger partial charge in [-0.25, -0.2) is 4.79 Å². The van der Waals surface area contributed by atoms with E-state index in [4.69, 9.17) is 4.74 Å². The van der Waals surface area contributed by atoms with Crippen molar-refractivity contribution < 1.29 is 19.2 Å². The van der Waals surface area contributed by atoms with Crippen molar-refractivity contribution >= 4 is 49.8 Å². The molecule has 0 aromatic heterocycles. The first-order valence-electron chi connectivity index (χ1n) is 5.83. The van der Waals surface area contributed by atoms with Crippen LogP contribution in [0.1, 0.15) is 20.7 Å². The van der Waals surface area contributed by atoms with Gasteiger partial charge in [0.25, 0.3) is 5.69 Å². The zero-order chi connectivity index (χ0) is 16.3. The Morgan fingerprint density at radius 2 is 1.82 bits per heavy atom. The van der Waals surface area contributed by atoms with E-state index in [1.807, 2.05) is 0 Å². The summed E-state index contributed by atoms with van der Waals surface area (Å²) in [7, 11) is 0. The Labute approximate surface area is 141 Å². The van der Waals surface area contributed by atoms with Crippen LogP contribution in [0.3, 0.4) is 0 Å². The van der Waals surface area contributed by atoms with E-state index in [2.05, 4.69) is 31.9 Å². The van der Waals surface area contributed by atoms with Crippen LogP contribution in [0.25, 0.3) is 0 Å². The van der Waals surface area contributed by atoms with Crippen molar-refractivity contribution in [2.45, 2.75) is 0 Å². The van der Waals surface area contributed by atoms with E-state index in [0.29, 0.717) is 15.2 Å². The number of aldehydes is 1. The second kappa shape index (κ2) is 6.80. The molecule has 0 aliphatic carbocycles. The summed E-state index contributed by atoms with van der Waals surface area (Å²) < 4.78 is 6.28. The highest BCUT2D eigenvalue weighted by Crippen LogP contribution is 2.32. The number of esters is 1. The number of rotatable bonds is 4. The highest BCUT2D eigenvalue weighted by atomic mass is 79.9. The molecule has 0 bridgehead atoms. The van der Waals surface area contributed by atoms with E-state index in [0.717, 1.165) is 0 Å². The van der Waals surface area contributed by atoms with E-state index < -0.39 is 10.9 Å².